The number of halogens is 1. The third-order valence-electron chi connectivity index (χ3n) is 3.75. The molecular formula is C17H17FN4O3. The van der Waals surface area contributed by atoms with Crippen LogP contribution in [0.5, 0.6) is 0 Å². The topological polar surface area (TPSA) is 89.0 Å². The van der Waals surface area contributed by atoms with E-state index in [-0.39, 0.29) is 22.5 Å². The number of aryl methyl sites for hydroxylation is 1. The van der Waals surface area contributed by atoms with Crippen LogP contribution in [0.3, 0.4) is 0 Å². The molecule has 1 amide bonds. The van der Waals surface area contributed by atoms with E-state index in [1.165, 1.54) is 18.2 Å². The third-order valence-corrected chi connectivity index (χ3v) is 3.75. The van der Waals surface area contributed by atoms with Gasteiger partial charge < -0.3 is 14.6 Å². The van der Waals surface area contributed by atoms with Crippen LogP contribution in [0.2, 0.25) is 0 Å². The number of hydrogen-bond donors (Lipinski definition) is 2. The van der Waals surface area contributed by atoms with Gasteiger partial charge in [0.2, 0.25) is 0 Å². The van der Waals surface area contributed by atoms with E-state index in [1.807, 2.05) is 0 Å². The fraction of sp³-hybridized carbons (Fsp3) is 0.235. The quantitative estimate of drug-likeness (QED) is 0.670. The van der Waals surface area contributed by atoms with E-state index in [1.54, 1.807) is 30.1 Å². The lowest BCUT2D eigenvalue weighted by Gasteiger charge is -2.13. The first-order valence-electron chi connectivity index (χ1n) is 7.73. The Hall–Kier alpha value is -3.00. The number of carbonyl (C=O) groups excluding carboxylic acids is 1. The molecule has 2 aliphatic heterocycles. The van der Waals surface area contributed by atoms with Crippen molar-refractivity contribution < 1.29 is 13.9 Å². The minimum atomic E-state index is -0.539. The molecule has 0 bridgehead atoms. The Morgan fingerprint density at radius 2 is 2.16 bits per heavy atom. The fourth-order valence-corrected chi connectivity index (χ4v) is 2.53. The predicted molar refractivity (Wildman–Crippen MR) is 90.3 cm³/mol. The molecule has 1 aromatic rings. The molecule has 0 spiro atoms. The number of ether oxygens (including phenoxy) is 1. The summed E-state index contributed by atoms with van der Waals surface area (Å²) in [6.07, 6.45) is 3.94. The largest absolute Gasteiger partial charge is 0.385 e. The molecule has 3 rings (SSSR count). The first-order valence-corrected chi connectivity index (χ1v) is 7.73. The molecule has 8 heteroatoms. The molecule has 0 fully saturated rings. The van der Waals surface area contributed by atoms with E-state index in [9.17, 15) is 14.0 Å². The van der Waals surface area contributed by atoms with Gasteiger partial charge >= 0.3 is 0 Å². The Kier molecular flexibility index (Phi) is 4.90. The van der Waals surface area contributed by atoms with E-state index >= 15 is 0 Å². The molecule has 0 aromatic heterocycles. The standard InChI is InChI=1S/C17H17FN4O3/c1-25-8-4-7-22-9-11(15-12(10-22)17(24)21-20-15)16(23)19-14-6-3-2-5-13(14)18/h2-3,5-6,9-10H,4,7-8H2,1H3,(H,19,23)(H,21,24). The molecule has 0 unspecified atom stereocenters. The number of para-hydroxylation sites is 1. The maximum Gasteiger partial charge on any atom is 0.275 e. The molecule has 130 valence electrons. The van der Waals surface area contributed by atoms with Gasteiger partial charge in [0, 0.05) is 32.7 Å². The lowest BCUT2D eigenvalue weighted by molar-refractivity contribution is 0.102. The second kappa shape index (κ2) is 7.27. The van der Waals surface area contributed by atoms with Gasteiger partial charge in [0.15, 0.2) is 0 Å². The summed E-state index contributed by atoms with van der Waals surface area (Å²) >= 11 is 0. The Labute approximate surface area is 142 Å². The number of fused-ring (bicyclic) bond motifs is 1. The summed E-state index contributed by atoms with van der Waals surface area (Å²) in [6, 6.07) is 5.87. The van der Waals surface area contributed by atoms with Crippen LogP contribution < -0.4 is 10.9 Å². The Morgan fingerprint density at radius 1 is 1.36 bits per heavy atom. The van der Waals surface area contributed by atoms with Gasteiger partial charge in [-0.2, -0.15) is 5.10 Å². The number of aromatic amines is 1. The van der Waals surface area contributed by atoms with Crippen molar-refractivity contribution in [1.29, 1.82) is 0 Å². The number of amides is 1. The van der Waals surface area contributed by atoms with Gasteiger partial charge in [0.05, 0.1) is 16.8 Å². The monoisotopic (exact) mass is 344 g/mol. The molecule has 0 aliphatic carbocycles. The van der Waals surface area contributed by atoms with Crippen molar-refractivity contribution in [2.75, 3.05) is 19.0 Å². The highest BCUT2D eigenvalue weighted by molar-refractivity contribution is 6.08. The molecule has 0 saturated carbocycles. The van der Waals surface area contributed by atoms with E-state index in [2.05, 4.69) is 15.5 Å². The average molecular weight is 344 g/mol. The fourth-order valence-electron chi connectivity index (χ4n) is 2.53. The van der Waals surface area contributed by atoms with Crippen LogP contribution in [0.25, 0.3) is 11.3 Å². The van der Waals surface area contributed by atoms with Crippen LogP contribution in [0.4, 0.5) is 10.1 Å². The number of rotatable bonds is 6. The first-order chi connectivity index (χ1) is 12.1. The maximum atomic E-state index is 13.8. The molecular weight excluding hydrogens is 327 g/mol. The number of carbonyl (C=O) groups is 1. The highest BCUT2D eigenvalue weighted by Crippen LogP contribution is 2.22. The van der Waals surface area contributed by atoms with E-state index in [0.717, 1.165) is 0 Å². The Morgan fingerprint density at radius 3 is 2.92 bits per heavy atom. The van der Waals surface area contributed by atoms with Crippen molar-refractivity contribution in [3.05, 3.63) is 58.4 Å². The summed E-state index contributed by atoms with van der Waals surface area (Å²) in [6.45, 7) is 1.12. The summed E-state index contributed by atoms with van der Waals surface area (Å²) in [5, 5.41) is 8.77. The van der Waals surface area contributed by atoms with Gasteiger partial charge in [0.1, 0.15) is 11.5 Å². The second-order valence-electron chi connectivity index (χ2n) is 5.51. The molecule has 7 nitrogen and oxygen atoms in total. The number of benzene rings is 1. The number of pyridine rings is 1. The molecule has 2 heterocycles. The maximum absolute atomic E-state index is 13.8. The lowest BCUT2D eigenvalue weighted by Crippen LogP contribution is -2.18. The van der Waals surface area contributed by atoms with Gasteiger partial charge in [-0.05, 0) is 18.6 Å². The number of H-pyrrole nitrogens is 1. The van der Waals surface area contributed by atoms with E-state index in [4.69, 9.17) is 4.74 Å². The number of aromatic nitrogens is 3. The SMILES string of the molecule is COCCCn1cc(C(=O)Nc2ccccc2F)c2n[nH]c(=O)c-2c1. The number of hydrogen-bond acceptors (Lipinski definition) is 4. The Bertz CT molecular complexity index is 918. The molecule has 0 radical (unpaired) electrons. The average Bonchev–Trinajstić information content (AvgIpc) is 2.98. The van der Waals surface area contributed by atoms with E-state index < -0.39 is 11.7 Å². The Balaban J connectivity index is 1.94. The van der Waals surface area contributed by atoms with Crippen molar-refractivity contribution in [1.82, 2.24) is 14.8 Å². The molecule has 2 N–H and O–H groups in total. The van der Waals surface area contributed by atoms with E-state index in [0.29, 0.717) is 25.1 Å². The number of nitrogens with one attached hydrogen (secondary N) is 2. The molecule has 0 saturated heterocycles. The van der Waals surface area contributed by atoms with Gasteiger partial charge in [-0.1, -0.05) is 12.1 Å². The highest BCUT2D eigenvalue weighted by atomic mass is 19.1. The summed E-state index contributed by atoms with van der Waals surface area (Å²) in [5.41, 5.74) is 0.432. The van der Waals surface area contributed by atoms with Crippen molar-refractivity contribution in [2.24, 2.45) is 0 Å². The van der Waals surface area contributed by atoms with Crippen molar-refractivity contribution in [3.8, 4) is 11.3 Å². The van der Waals surface area contributed by atoms with Crippen molar-refractivity contribution in [3.63, 3.8) is 0 Å². The lowest BCUT2D eigenvalue weighted by atomic mass is 10.1. The molecule has 0 atom stereocenters. The highest BCUT2D eigenvalue weighted by Gasteiger charge is 2.22. The van der Waals surface area contributed by atoms with Crippen LogP contribution >= 0.6 is 0 Å². The number of methoxy groups -OCH3 is 1. The molecule has 25 heavy (non-hydrogen) atoms. The minimum absolute atomic E-state index is 0.0633. The van der Waals surface area contributed by atoms with Crippen molar-refractivity contribution >= 4 is 11.6 Å². The minimum Gasteiger partial charge on any atom is -0.385 e. The zero-order valence-corrected chi connectivity index (χ0v) is 13.6. The molecule has 1 aromatic carbocycles. The number of nitrogens with zero attached hydrogens (tertiary/aromatic N) is 2. The summed E-state index contributed by atoms with van der Waals surface area (Å²) in [7, 11) is 1.60. The molecule has 2 aliphatic rings. The summed E-state index contributed by atoms with van der Waals surface area (Å²) in [4.78, 5) is 24.5. The van der Waals surface area contributed by atoms with Gasteiger partial charge in [-0.15, -0.1) is 0 Å². The van der Waals surface area contributed by atoms with Crippen LogP contribution in [-0.4, -0.2) is 34.4 Å². The summed E-state index contributed by atoms with van der Waals surface area (Å²) in [5.74, 6) is -1.08. The zero-order valence-electron chi connectivity index (χ0n) is 13.6. The van der Waals surface area contributed by atoms with Gasteiger partial charge in [-0.3, -0.25) is 9.59 Å². The summed E-state index contributed by atoms with van der Waals surface area (Å²) < 4.78 is 20.5. The third kappa shape index (κ3) is 3.58. The van der Waals surface area contributed by atoms with Crippen LogP contribution in [0.1, 0.15) is 16.8 Å². The van der Waals surface area contributed by atoms with Gasteiger partial charge in [-0.25, -0.2) is 9.49 Å². The van der Waals surface area contributed by atoms with Crippen LogP contribution in [-0.2, 0) is 11.3 Å². The first kappa shape index (κ1) is 16.8. The second-order valence-corrected chi connectivity index (χ2v) is 5.51. The predicted octanol–water partition coefficient (Wildman–Crippen LogP) is 2.10. The smallest absolute Gasteiger partial charge is 0.275 e. The van der Waals surface area contributed by atoms with Crippen LogP contribution in [0, 0.1) is 5.82 Å². The van der Waals surface area contributed by atoms with Crippen molar-refractivity contribution in [2.45, 2.75) is 13.0 Å². The zero-order chi connectivity index (χ0) is 17.8. The number of anilines is 1. The van der Waals surface area contributed by atoms with Gasteiger partial charge in [0.25, 0.3) is 11.5 Å². The van der Waals surface area contributed by atoms with Crippen LogP contribution in [0.15, 0.2) is 41.5 Å². The normalized spacial score (nSPS) is 11.0.